The molecular weight excluding hydrogens is 488 g/mol. The van der Waals surface area contributed by atoms with Gasteiger partial charge in [-0.15, -0.1) is 0 Å². The molecular formula is C26H21F2N3O4S. The average molecular weight is 510 g/mol. The summed E-state index contributed by atoms with van der Waals surface area (Å²) in [6.45, 7) is 0. The van der Waals surface area contributed by atoms with E-state index in [0.717, 1.165) is 0 Å². The molecule has 0 aliphatic rings. The molecule has 1 heterocycles. The number of anilines is 1. The number of nitrogens with one attached hydrogen (secondary N) is 2. The Kier molecular flexibility index (Phi) is 7.55. The number of fused-ring (bicyclic) bond motifs is 1. The van der Waals surface area contributed by atoms with Crippen molar-refractivity contribution < 1.29 is 27.8 Å². The summed E-state index contributed by atoms with van der Waals surface area (Å²) < 4.78 is 45.0. The molecule has 0 aliphatic carbocycles. The Morgan fingerprint density at radius 2 is 1.67 bits per heavy atom. The fraction of sp³-hybridized carbons (Fsp3) is 0.115. The van der Waals surface area contributed by atoms with Gasteiger partial charge in [-0.05, 0) is 48.1 Å². The van der Waals surface area contributed by atoms with Gasteiger partial charge in [0, 0.05) is 29.4 Å². The zero-order chi connectivity index (χ0) is 25.7. The molecule has 0 atom stereocenters. The monoisotopic (exact) mass is 509 g/mol. The van der Waals surface area contributed by atoms with Gasteiger partial charge in [-0.3, -0.25) is 9.78 Å². The minimum Gasteiger partial charge on any atom is -0.493 e. The highest BCUT2D eigenvalue weighted by atomic mass is 32.1. The predicted octanol–water partition coefficient (Wildman–Crippen LogP) is 5.38. The standard InChI is InChI=1S/C26H21F2N3O4S/c1-33-23-13-17-20(14-24(23)34-2)29-10-9-21(17)35-22-8-7-16(12-19(22)28)30-26(36)31-25(32)11-15-5-3-4-6-18(15)27/h3-10,12-14H,11H2,1-2H3,(H2,30,31,32,36). The van der Waals surface area contributed by atoms with E-state index in [1.807, 2.05) is 0 Å². The van der Waals surface area contributed by atoms with E-state index in [0.29, 0.717) is 33.8 Å². The highest BCUT2D eigenvalue weighted by molar-refractivity contribution is 7.80. The van der Waals surface area contributed by atoms with Gasteiger partial charge in [0.05, 0.1) is 26.2 Å². The smallest absolute Gasteiger partial charge is 0.230 e. The number of methoxy groups -OCH3 is 2. The second-order valence-corrected chi connectivity index (χ2v) is 7.96. The van der Waals surface area contributed by atoms with Gasteiger partial charge in [0.1, 0.15) is 11.6 Å². The Labute approximate surface area is 211 Å². The van der Waals surface area contributed by atoms with Crippen molar-refractivity contribution in [3.05, 3.63) is 84.1 Å². The van der Waals surface area contributed by atoms with Crippen molar-refractivity contribution >= 4 is 39.8 Å². The normalized spacial score (nSPS) is 10.6. The molecule has 7 nitrogen and oxygen atoms in total. The second-order valence-electron chi connectivity index (χ2n) is 7.55. The number of pyridine rings is 1. The number of ether oxygens (including phenoxy) is 3. The molecule has 4 rings (SSSR count). The fourth-order valence-corrected chi connectivity index (χ4v) is 3.70. The van der Waals surface area contributed by atoms with E-state index < -0.39 is 17.5 Å². The lowest BCUT2D eigenvalue weighted by Crippen LogP contribution is -2.35. The number of hydrogen-bond acceptors (Lipinski definition) is 6. The summed E-state index contributed by atoms with van der Waals surface area (Å²) in [5.41, 5.74) is 1.12. The van der Waals surface area contributed by atoms with Crippen LogP contribution in [0.15, 0.2) is 66.9 Å². The van der Waals surface area contributed by atoms with Crippen molar-refractivity contribution in [3.63, 3.8) is 0 Å². The predicted molar refractivity (Wildman–Crippen MR) is 136 cm³/mol. The van der Waals surface area contributed by atoms with Crippen LogP contribution in [-0.4, -0.2) is 30.2 Å². The Bertz CT molecular complexity index is 1450. The van der Waals surface area contributed by atoms with Crippen LogP contribution in [0.5, 0.6) is 23.0 Å². The Hall–Kier alpha value is -4.31. The summed E-state index contributed by atoms with van der Waals surface area (Å²) in [6.07, 6.45) is 1.35. The first-order chi connectivity index (χ1) is 17.4. The maximum atomic E-state index is 14.8. The van der Waals surface area contributed by atoms with Gasteiger partial charge in [-0.25, -0.2) is 8.78 Å². The van der Waals surface area contributed by atoms with Crippen molar-refractivity contribution in [1.29, 1.82) is 0 Å². The molecule has 0 saturated heterocycles. The van der Waals surface area contributed by atoms with Crippen molar-refractivity contribution in [2.45, 2.75) is 6.42 Å². The summed E-state index contributed by atoms with van der Waals surface area (Å²) in [4.78, 5) is 16.5. The number of nitrogens with zero attached hydrogens (tertiary/aromatic N) is 1. The number of benzene rings is 3. The minimum absolute atomic E-state index is 0.0302. The van der Waals surface area contributed by atoms with Crippen molar-refractivity contribution in [1.82, 2.24) is 10.3 Å². The van der Waals surface area contributed by atoms with E-state index in [9.17, 15) is 13.6 Å². The Balaban J connectivity index is 1.45. The zero-order valence-electron chi connectivity index (χ0n) is 19.3. The van der Waals surface area contributed by atoms with Crippen LogP contribution in [0.2, 0.25) is 0 Å². The molecule has 2 N–H and O–H groups in total. The summed E-state index contributed by atoms with van der Waals surface area (Å²) in [6, 6.07) is 15.1. The molecule has 0 spiro atoms. The van der Waals surface area contributed by atoms with Crippen LogP contribution in [0, 0.1) is 11.6 Å². The minimum atomic E-state index is -0.661. The lowest BCUT2D eigenvalue weighted by molar-refractivity contribution is -0.119. The molecule has 0 unspecified atom stereocenters. The largest absolute Gasteiger partial charge is 0.493 e. The number of halogens is 2. The first-order valence-electron chi connectivity index (χ1n) is 10.7. The molecule has 0 bridgehead atoms. The lowest BCUT2D eigenvalue weighted by atomic mass is 10.1. The van der Waals surface area contributed by atoms with Crippen molar-refractivity contribution in [2.24, 2.45) is 0 Å². The first-order valence-corrected chi connectivity index (χ1v) is 11.1. The molecule has 4 aromatic rings. The average Bonchev–Trinajstić information content (AvgIpc) is 2.86. The SMILES string of the molecule is COc1cc2nccc(Oc3ccc(NC(=S)NC(=O)Cc4ccccc4F)cc3F)c2cc1OC. The molecule has 0 aliphatic heterocycles. The van der Waals surface area contributed by atoms with Crippen LogP contribution in [0.4, 0.5) is 14.5 Å². The number of thiocarbonyl (C=S) groups is 1. The number of carbonyl (C=O) groups excluding carboxylic acids is 1. The third-order valence-electron chi connectivity index (χ3n) is 5.18. The van der Waals surface area contributed by atoms with Crippen LogP contribution in [0.3, 0.4) is 0 Å². The molecule has 36 heavy (non-hydrogen) atoms. The summed E-state index contributed by atoms with van der Waals surface area (Å²) >= 11 is 5.12. The van der Waals surface area contributed by atoms with Gasteiger partial charge in [-0.1, -0.05) is 18.2 Å². The topological polar surface area (TPSA) is 81.7 Å². The summed E-state index contributed by atoms with van der Waals surface area (Å²) in [5, 5.41) is 5.74. The molecule has 0 saturated carbocycles. The number of amides is 1. The lowest BCUT2D eigenvalue weighted by Gasteiger charge is -2.14. The number of hydrogen-bond donors (Lipinski definition) is 2. The highest BCUT2D eigenvalue weighted by Crippen LogP contribution is 2.37. The van der Waals surface area contributed by atoms with E-state index in [4.69, 9.17) is 26.4 Å². The quantitative estimate of drug-likeness (QED) is 0.324. The van der Waals surface area contributed by atoms with Gasteiger partial charge in [0.15, 0.2) is 28.2 Å². The highest BCUT2D eigenvalue weighted by Gasteiger charge is 2.14. The van der Waals surface area contributed by atoms with Crippen LogP contribution in [0.25, 0.3) is 10.9 Å². The van der Waals surface area contributed by atoms with Crippen molar-refractivity contribution in [2.75, 3.05) is 19.5 Å². The molecule has 0 radical (unpaired) electrons. The van der Waals surface area contributed by atoms with Gasteiger partial charge < -0.3 is 24.8 Å². The van der Waals surface area contributed by atoms with Gasteiger partial charge in [-0.2, -0.15) is 0 Å². The van der Waals surface area contributed by atoms with Gasteiger partial charge in [0.25, 0.3) is 0 Å². The maximum Gasteiger partial charge on any atom is 0.230 e. The van der Waals surface area contributed by atoms with E-state index in [-0.39, 0.29) is 22.8 Å². The first kappa shape index (κ1) is 24.8. The zero-order valence-corrected chi connectivity index (χ0v) is 20.1. The van der Waals surface area contributed by atoms with E-state index in [2.05, 4.69) is 15.6 Å². The van der Waals surface area contributed by atoms with Gasteiger partial charge >= 0.3 is 0 Å². The molecule has 1 amide bonds. The van der Waals surface area contributed by atoms with E-state index in [1.165, 1.54) is 44.6 Å². The Morgan fingerprint density at radius 3 is 2.39 bits per heavy atom. The molecule has 184 valence electrons. The van der Waals surface area contributed by atoms with Gasteiger partial charge in [0.2, 0.25) is 5.91 Å². The second kappa shape index (κ2) is 11.0. The van der Waals surface area contributed by atoms with E-state index >= 15 is 0 Å². The number of rotatable bonds is 7. The van der Waals surface area contributed by atoms with E-state index in [1.54, 1.807) is 36.5 Å². The fourth-order valence-electron chi connectivity index (χ4n) is 3.46. The molecule has 0 fully saturated rings. The summed E-state index contributed by atoms with van der Waals surface area (Å²) in [7, 11) is 3.04. The van der Waals surface area contributed by atoms with Crippen LogP contribution >= 0.6 is 12.2 Å². The summed E-state index contributed by atoms with van der Waals surface area (Å²) in [5.74, 6) is -0.320. The van der Waals surface area contributed by atoms with Crippen molar-refractivity contribution in [3.8, 4) is 23.0 Å². The third kappa shape index (κ3) is 5.66. The Morgan fingerprint density at radius 1 is 0.917 bits per heavy atom. The molecule has 1 aromatic heterocycles. The van der Waals surface area contributed by atoms with Crippen LogP contribution in [-0.2, 0) is 11.2 Å². The molecule has 3 aromatic carbocycles. The maximum absolute atomic E-state index is 14.8. The van der Waals surface area contributed by atoms with Crippen LogP contribution in [0.1, 0.15) is 5.56 Å². The molecule has 10 heteroatoms. The number of carbonyl (C=O) groups is 1. The number of aromatic nitrogens is 1. The third-order valence-corrected chi connectivity index (χ3v) is 5.38. The van der Waals surface area contributed by atoms with Crippen LogP contribution < -0.4 is 24.8 Å².